The van der Waals surface area contributed by atoms with Crippen LogP contribution in [0.25, 0.3) is 0 Å². The highest BCUT2D eigenvalue weighted by Gasteiger charge is 2.38. The molecule has 1 aliphatic rings. The van der Waals surface area contributed by atoms with Gasteiger partial charge in [0, 0.05) is 6.54 Å². The molecule has 0 unspecified atom stereocenters. The second kappa shape index (κ2) is 5.05. The summed E-state index contributed by atoms with van der Waals surface area (Å²) >= 11 is 0. The molecule has 7 heteroatoms. The van der Waals surface area contributed by atoms with Gasteiger partial charge in [-0.3, -0.25) is 4.18 Å². The Morgan fingerprint density at radius 1 is 1.33 bits per heavy atom. The maximum absolute atomic E-state index is 11.9. The monoisotopic (exact) mass is 279 g/mol. The third-order valence-electron chi connectivity index (χ3n) is 2.61. The number of hydrogen-bond acceptors (Lipinski definition) is 5. The van der Waals surface area contributed by atoms with Gasteiger partial charge in [0.2, 0.25) is 0 Å². The first kappa shape index (κ1) is 15.2. The predicted octanol–water partition coefficient (Wildman–Crippen LogP) is 1.36. The van der Waals surface area contributed by atoms with Crippen LogP contribution in [-0.2, 0) is 19.0 Å². The van der Waals surface area contributed by atoms with E-state index in [0.717, 1.165) is 6.26 Å². The van der Waals surface area contributed by atoms with E-state index in [2.05, 4.69) is 0 Å². The van der Waals surface area contributed by atoms with Crippen LogP contribution in [0.3, 0.4) is 0 Å². The van der Waals surface area contributed by atoms with Crippen LogP contribution >= 0.6 is 0 Å². The largest absolute Gasteiger partial charge is 0.444 e. The van der Waals surface area contributed by atoms with Crippen LogP contribution < -0.4 is 0 Å². The Balaban J connectivity index is 2.65. The lowest BCUT2D eigenvalue weighted by molar-refractivity contribution is 0.0194. The minimum Gasteiger partial charge on any atom is -0.444 e. The molecule has 0 aliphatic carbocycles. The molecule has 0 radical (unpaired) electrons. The number of carbonyl (C=O) groups is 1. The van der Waals surface area contributed by atoms with E-state index in [1.807, 2.05) is 0 Å². The summed E-state index contributed by atoms with van der Waals surface area (Å²) in [5, 5.41) is 0. The summed E-state index contributed by atoms with van der Waals surface area (Å²) in [5.74, 6) is 0. The highest BCUT2D eigenvalue weighted by molar-refractivity contribution is 7.86. The minimum absolute atomic E-state index is 0.311. The summed E-state index contributed by atoms with van der Waals surface area (Å²) in [6.07, 6.45) is 0.575. The molecule has 6 nitrogen and oxygen atoms in total. The van der Waals surface area contributed by atoms with Crippen molar-refractivity contribution < 1.29 is 22.1 Å². The van der Waals surface area contributed by atoms with Gasteiger partial charge in [-0.25, -0.2) is 4.79 Å². The Labute approximate surface area is 108 Å². The van der Waals surface area contributed by atoms with Gasteiger partial charge >= 0.3 is 6.09 Å². The average molecular weight is 279 g/mol. The maximum Gasteiger partial charge on any atom is 0.410 e. The Bertz CT molecular complexity index is 412. The number of rotatable bonds is 2. The molecule has 0 aromatic carbocycles. The van der Waals surface area contributed by atoms with Crippen molar-refractivity contribution >= 4 is 16.2 Å². The fourth-order valence-electron chi connectivity index (χ4n) is 1.84. The zero-order valence-electron chi connectivity index (χ0n) is 11.5. The van der Waals surface area contributed by atoms with Gasteiger partial charge < -0.3 is 9.64 Å². The molecule has 1 fully saturated rings. The van der Waals surface area contributed by atoms with E-state index in [9.17, 15) is 13.2 Å². The Morgan fingerprint density at radius 2 is 1.89 bits per heavy atom. The number of amides is 1. The van der Waals surface area contributed by atoms with Gasteiger partial charge in [-0.2, -0.15) is 8.42 Å². The van der Waals surface area contributed by atoms with Crippen LogP contribution in [0.15, 0.2) is 0 Å². The molecule has 1 aliphatic heterocycles. The van der Waals surface area contributed by atoms with Gasteiger partial charge in [0.15, 0.2) is 0 Å². The molecule has 1 saturated heterocycles. The first-order valence-electron chi connectivity index (χ1n) is 5.87. The van der Waals surface area contributed by atoms with Crippen molar-refractivity contribution in [3.63, 3.8) is 0 Å². The van der Waals surface area contributed by atoms with Crippen molar-refractivity contribution in [3.8, 4) is 0 Å². The van der Waals surface area contributed by atoms with Gasteiger partial charge in [-0.05, 0) is 34.1 Å². The number of carbonyl (C=O) groups excluding carboxylic acids is 1. The molecule has 0 aromatic rings. The Kier molecular flexibility index (Phi) is 4.27. The lowest BCUT2D eigenvalue weighted by Gasteiger charge is -2.28. The van der Waals surface area contributed by atoms with Crippen molar-refractivity contribution in [1.82, 2.24) is 4.90 Å². The van der Waals surface area contributed by atoms with E-state index in [0.29, 0.717) is 13.0 Å². The molecule has 106 valence electrons. The van der Waals surface area contributed by atoms with Crippen LogP contribution in [0.5, 0.6) is 0 Å². The van der Waals surface area contributed by atoms with E-state index < -0.39 is 27.9 Å². The molecular weight excluding hydrogens is 258 g/mol. The van der Waals surface area contributed by atoms with Crippen LogP contribution in [0.4, 0.5) is 4.79 Å². The molecule has 1 rings (SSSR count). The van der Waals surface area contributed by atoms with Gasteiger partial charge in [-0.15, -0.1) is 0 Å². The second-order valence-electron chi connectivity index (χ2n) is 5.54. The van der Waals surface area contributed by atoms with Gasteiger partial charge in [0.05, 0.1) is 18.4 Å². The molecule has 0 bridgehead atoms. The van der Waals surface area contributed by atoms with E-state index in [1.54, 1.807) is 27.7 Å². The minimum atomic E-state index is -3.50. The van der Waals surface area contributed by atoms with Crippen LogP contribution in [0, 0.1) is 0 Å². The normalized spacial score (nSPS) is 25.3. The lowest BCUT2D eigenvalue weighted by Crippen LogP contribution is -2.41. The number of nitrogens with zero attached hydrogens (tertiary/aromatic N) is 1. The highest BCUT2D eigenvalue weighted by atomic mass is 32.2. The molecular formula is C11H21NO5S. The van der Waals surface area contributed by atoms with E-state index in [4.69, 9.17) is 8.92 Å². The van der Waals surface area contributed by atoms with Crippen molar-refractivity contribution in [2.75, 3.05) is 12.8 Å². The maximum atomic E-state index is 11.9. The summed E-state index contributed by atoms with van der Waals surface area (Å²) in [5.41, 5.74) is -0.563. The van der Waals surface area contributed by atoms with Crippen molar-refractivity contribution in [2.24, 2.45) is 0 Å². The zero-order valence-corrected chi connectivity index (χ0v) is 12.3. The topological polar surface area (TPSA) is 72.9 Å². The second-order valence-corrected chi connectivity index (χ2v) is 7.14. The summed E-state index contributed by atoms with van der Waals surface area (Å²) in [6.45, 7) is 7.56. The Morgan fingerprint density at radius 3 is 2.33 bits per heavy atom. The van der Waals surface area contributed by atoms with Crippen molar-refractivity contribution in [2.45, 2.75) is 51.9 Å². The molecule has 1 heterocycles. The van der Waals surface area contributed by atoms with Crippen molar-refractivity contribution in [3.05, 3.63) is 0 Å². The number of likely N-dealkylation sites (tertiary alicyclic amines) is 1. The standard InChI is InChI=1S/C11H21NO5S/c1-8-9(17-18(5,14)15)6-7-12(8)10(13)16-11(2,3)4/h8-9H,6-7H2,1-5H3/t8-,9-/m1/s1. The van der Waals surface area contributed by atoms with E-state index in [-0.39, 0.29) is 6.04 Å². The predicted molar refractivity (Wildman–Crippen MR) is 66.7 cm³/mol. The third kappa shape index (κ3) is 4.45. The molecule has 0 saturated carbocycles. The summed E-state index contributed by atoms with van der Waals surface area (Å²) in [7, 11) is -3.50. The highest BCUT2D eigenvalue weighted by Crippen LogP contribution is 2.24. The van der Waals surface area contributed by atoms with Gasteiger partial charge in [-0.1, -0.05) is 0 Å². The molecule has 2 atom stereocenters. The molecule has 0 spiro atoms. The molecule has 0 aromatic heterocycles. The summed E-state index contributed by atoms with van der Waals surface area (Å²) < 4.78 is 32.4. The third-order valence-corrected chi connectivity index (χ3v) is 3.21. The summed E-state index contributed by atoms with van der Waals surface area (Å²) in [6, 6.07) is -0.311. The van der Waals surface area contributed by atoms with E-state index >= 15 is 0 Å². The fourth-order valence-corrected chi connectivity index (χ4v) is 2.55. The summed E-state index contributed by atoms with van der Waals surface area (Å²) in [4.78, 5) is 13.4. The van der Waals surface area contributed by atoms with E-state index in [1.165, 1.54) is 4.90 Å². The van der Waals surface area contributed by atoms with Crippen LogP contribution in [-0.4, -0.2) is 50.0 Å². The number of ether oxygens (including phenoxy) is 1. The lowest BCUT2D eigenvalue weighted by atomic mass is 10.2. The molecule has 18 heavy (non-hydrogen) atoms. The first-order valence-corrected chi connectivity index (χ1v) is 7.69. The van der Waals surface area contributed by atoms with Gasteiger partial charge in [0.25, 0.3) is 10.1 Å². The quantitative estimate of drug-likeness (QED) is 0.714. The smallest absolute Gasteiger partial charge is 0.410 e. The molecule has 0 N–H and O–H groups in total. The first-order chi connectivity index (χ1) is 7.99. The fraction of sp³-hybridized carbons (Fsp3) is 0.909. The Hall–Kier alpha value is -0.820. The van der Waals surface area contributed by atoms with Gasteiger partial charge in [0.1, 0.15) is 5.60 Å². The number of hydrogen-bond donors (Lipinski definition) is 0. The van der Waals surface area contributed by atoms with Crippen LogP contribution in [0.1, 0.15) is 34.1 Å². The zero-order chi connectivity index (χ0) is 14.1. The average Bonchev–Trinajstić information content (AvgIpc) is 2.42. The van der Waals surface area contributed by atoms with Crippen molar-refractivity contribution in [1.29, 1.82) is 0 Å². The SMILES string of the molecule is C[C@@H]1[C@H](OS(C)(=O)=O)CCN1C(=O)OC(C)(C)C. The van der Waals surface area contributed by atoms with Crippen LogP contribution in [0.2, 0.25) is 0 Å². The molecule has 1 amide bonds.